The van der Waals surface area contributed by atoms with Crippen molar-refractivity contribution in [1.82, 2.24) is 0 Å². The van der Waals surface area contributed by atoms with E-state index in [-0.39, 0.29) is 31.1 Å². The van der Waals surface area contributed by atoms with Gasteiger partial charge in [0.05, 0.1) is 12.2 Å². The van der Waals surface area contributed by atoms with Gasteiger partial charge >= 0.3 is 12.1 Å². The molecule has 0 spiro atoms. The van der Waals surface area contributed by atoms with Crippen molar-refractivity contribution in [3.05, 3.63) is 60.4 Å². The lowest BCUT2D eigenvalue weighted by Gasteiger charge is -2.20. The zero-order valence-electron chi connectivity index (χ0n) is 18.6. The van der Waals surface area contributed by atoms with Crippen LogP contribution in [0.1, 0.15) is 39.0 Å². The predicted molar refractivity (Wildman–Crippen MR) is 118 cm³/mol. The molecule has 5 atom stereocenters. The third kappa shape index (κ3) is 10.9. The molecule has 6 nitrogen and oxygen atoms in total. The molecule has 0 saturated heterocycles. The molecule has 0 unspecified atom stereocenters. The molecule has 1 rings (SSSR count). The molecule has 0 aromatic carbocycles. The number of alkyl halides is 3. The molecule has 186 valence electrons. The molecule has 0 amide bonds. The van der Waals surface area contributed by atoms with E-state index in [1.165, 1.54) is 18.2 Å². The number of allylic oxidation sites excluding steroid dienone is 6. The van der Waals surface area contributed by atoms with E-state index in [1.807, 2.05) is 12.2 Å². The number of hydrogen-bond acceptors (Lipinski definition) is 5. The summed E-state index contributed by atoms with van der Waals surface area (Å²) in [6, 6.07) is 0. The molecule has 9 heteroatoms. The van der Waals surface area contributed by atoms with E-state index in [0.29, 0.717) is 19.3 Å². The number of halogens is 3. The summed E-state index contributed by atoms with van der Waals surface area (Å²) < 4.78 is 43.4. The van der Waals surface area contributed by atoms with Crippen LogP contribution in [0, 0.1) is 11.8 Å². The van der Waals surface area contributed by atoms with Crippen LogP contribution in [0.4, 0.5) is 13.2 Å². The Morgan fingerprint density at radius 1 is 1.24 bits per heavy atom. The molecule has 0 heterocycles. The summed E-state index contributed by atoms with van der Waals surface area (Å²) >= 11 is 0. The highest BCUT2D eigenvalue weighted by Crippen LogP contribution is 2.36. The van der Waals surface area contributed by atoms with Crippen molar-refractivity contribution in [2.24, 2.45) is 11.8 Å². The third-order valence-corrected chi connectivity index (χ3v) is 5.32. The Kier molecular flexibility index (Phi) is 12.2. The molecule has 0 aliphatic heterocycles. The smallest absolute Gasteiger partial charge is 0.412 e. The highest BCUT2D eigenvalue weighted by atomic mass is 19.4. The van der Waals surface area contributed by atoms with Gasteiger partial charge in [-0.1, -0.05) is 37.0 Å². The van der Waals surface area contributed by atoms with Crippen molar-refractivity contribution in [3.63, 3.8) is 0 Å². The number of aliphatic hydroxyl groups is 3. The van der Waals surface area contributed by atoms with Gasteiger partial charge in [-0.25, -0.2) is 0 Å². The molecule has 1 fully saturated rings. The van der Waals surface area contributed by atoms with Crippen molar-refractivity contribution in [2.75, 3.05) is 6.61 Å². The van der Waals surface area contributed by atoms with Gasteiger partial charge < -0.3 is 25.2 Å². The van der Waals surface area contributed by atoms with Crippen molar-refractivity contribution in [2.45, 2.75) is 63.5 Å². The summed E-state index contributed by atoms with van der Waals surface area (Å²) in [6.07, 6.45) is 4.67. The van der Waals surface area contributed by atoms with Crippen molar-refractivity contribution < 1.29 is 43.1 Å². The van der Waals surface area contributed by atoms with Crippen LogP contribution >= 0.6 is 0 Å². The molecule has 1 aliphatic rings. The van der Waals surface area contributed by atoms with Gasteiger partial charge in [0, 0.05) is 24.3 Å². The molecule has 1 saturated carbocycles. The molecular formula is C24H33F3O6. The van der Waals surface area contributed by atoms with E-state index >= 15 is 0 Å². The minimum Gasteiger partial charge on any atom is -0.491 e. The second-order valence-electron chi connectivity index (χ2n) is 8.00. The van der Waals surface area contributed by atoms with Crippen molar-refractivity contribution >= 4 is 5.97 Å². The highest BCUT2D eigenvalue weighted by molar-refractivity contribution is 5.66. The number of unbranched alkanes of at least 4 members (excludes halogenated alkanes) is 1. The van der Waals surface area contributed by atoms with E-state index < -0.39 is 41.9 Å². The van der Waals surface area contributed by atoms with Crippen LogP contribution in [-0.4, -0.2) is 57.5 Å². The van der Waals surface area contributed by atoms with Crippen LogP contribution < -0.4 is 0 Å². The fraction of sp³-hybridized carbons (Fsp3) is 0.542. The molecule has 0 aromatic heterocycles. The van der Waals surface area contributed by atoms with Crippen LogP contribution in [-0.2, 0) is 9.53 Å². The summed E-state index contributed by atoms with van der Waals surface area (Å²) in [5, 5.41) is 39.3. The first-order chi connectivity index (χ1) is 15.5. The number of aliphatic carboxylic acids is 1. The first-order valence-corrected chi connectivity index (χ1v) is 10.8. The average molecular weight is 475 g/mol. The van der Waals surface area contributed by atoms with Gasteiger partial charge in [-0.2, -0.15) is 13.2 Å². The van der Waals surface area contributed by atoms with E-state index in [0.717, 1.165) is 13.0 Å². The largest absolute Gasteiger partial charge is 0.491 e. The predicted octanol–water partition coefficient (Wildman–Crippen LogP) is 4.06. The van der Waals surface area contributed by atoms with Crippen molar-refractivity contribution in [3.8, 4) is 0 Å². The lowest BCUT2D eigenvalue weighted by atomic mass is 9.89. The Morgan fingerprint density at radius 3 is 2.55 bits per heavy atom. The zero-order valence-corrected chi connectivity index (χ0v) is 18.6. The minimum atomic E-state index is -4.50. The molecule has 0 aromatic rings. The molecule has 33 heavy (non-hydrogen) atoms. The SMILES string of the molecule is C=C/C=C(\C=C(/C)C(F)(F)F)OC[C@H](O)/C=C/[C@@H]1[C@@H](C/C=C\CCCC(=O)O)[C@@H](O)C[C@H]1O. The van der Waals surface area contributed by atoms with Gasteiger partial charge in [-0.15, -0.1) is 0 Å². The first kappa shape index (κ1) is 28.7. The number of carbonyl (C=O) groups is 1. The fourth-order valence-electron chi connectivity index (χ4n) is 3.49. The number of carboxylic acid groups (broad SMARTS) is 1. The first-order valence-electron chi connectivity index (χ1n) is 10.8. The van der Waals surface area contributed by atoms with Crippen LogP contribution in [0.3, 0.4) is 0 Å². The molecule has 0 bridgehead atoms. The minimum absolute atomic E-state index is 0.0791. The summed E-state index contributed by atoms with van der Waals surface area (Å²) in [5.41, 5.74) is -0.859. The number of rotatable bonds is 13. The normalized spacial score (nSPS) is 25.7. The standard InChI is InChI=1S/C24H33F3O6/c1-3-8-18(13-16(2)24(25,26)27)33-15-17(28)11-12-20-19(21(29)14-22(20)30)9-6-4-5-7-10-23(31)32/h3-4,6,8,11-13,17,19-22,28-30H,1,5,7,9-10,14-15H2,2H3,(H,31,32)/b6-4-,12-11+,16-13+,18-8+/t17-,19-,20-,21+,22-/m1/s1. The molecular weight excluding hydrogens is 441 g/mol. The maximum Gasteiger partial charge on any atom is 0.412 e. The maximum absolute atomic E-state index is 12.7. The van der Waals surface area contributed by atoms with Crippen LogP contribution in [0.15, 0.2) is 60.4 Å². The molecule has 4 N–H and O–H groups in total. The maximum atomic E-state index is 12.7. The lowest BCUT2D eigenvalue weighted by Crippen LogP contribution is -2.21. The van der Waals surface area contributed by atoms with Gasteiger partial charge in [0.1, 0.15) is 18.5 Å². The van der Waals surface area contributed by atoms with E-state index in [9.17, 15) is 33.3 Å². The highest BCUT2D eigenvalue weighted by Gasteiger charge is 2.39. The van der Waals surface area contributed by atoms with Crippen LogP contribution in [0.5, 0.6) is 0 Å². The van der Waals surface area contributed by atoms with E-state index in [4.69, 9.17) is 9.84 Å². The Bertz CT molecular complexity index is 754. The Balaban J connectivity index is 2.67. The summed E-state index contributed by atoms with van der Waals surface area (Å²) in [5.74, 6) is -1.67. The zero-order chi connectivity index (χ0) is 25.0. The second kappa shape index (κ2) is 14.0. The summed E-state index contributed by atoms with van der Waals surface area (Å²) in [4.78, 5) is 10.5. The fourth-order valence-corrected chi connectivity index (χ4v) is 3.49. The summed E-state index contributed by atoms with van der Waals surface area (Å²) in [7, 11) is 0. The Labute approximate surface area is 192 Å². The Morgan fingerprint density at radius 2 is 1.94 bits per heavy atom. The van der Waals surface area contributed by atoms with E-state index in [1.54, 1.807) is 6.08 Å². The van der Waals surface area contributed by atoms with Crippen molar-refractivity contribution in [1.29, 1.82) is 0 Å². The monoisotopic (exact) mass is 474 g/mol. The van der Waals surface area contributed by atoms with Crippen LogP contribution in [0.2, 0.25) is 0 Å². The Hall–Kier alpha value is -2.36. The lowest BCUT2D eigenvalue weighted by molar-refractivity contribution is -0.137. The van der Waals surface area contributed by atoms with Gasteiger partial charge in [-0.05, 0) is 44.3 Å². The number of aliphatic hydroxyl groups excluding tert-OH is 3. The van der Waals surface area contributed by atoms with Crippen LogP contribution in [0.25, 0.3) is 0 Å². The number of hydrogen-bond donors (Lipinski definition) is 4. The third-order valence-electron chi connectivity index (χ3n) is 5.32. The average Bonchev–Trinajstić information content (AvgIpc) is 2.98. The van der Waals surface area contributed by atoms with Gasteiger partial charge in [0.25, 0.3) is 0 Å². The molecule has 1 aliphatic carbocycles. The quantitative estimate of drug-likeness (QED) is 0.139. The summed E-state index contributed by atoms with van der Waals surface area (Å²) in [6.45, 7) is 4.03. The van der Waals surface area contributed by atoms with Gasteiger partial charge in [0.15, 0.2) is 0 Å². The molecule has 0 radical (unpaired) electrons. The second-order valence-corrected chi connectivity index (χ2v) is 8.00. The van der Waals surface area contributed by atoms with Gasteiger partial charge in [0.2, 0.25) is 0 Å². The number of carboxylic acids is 1. The topological polar surface area (TPSA) is 107 Å². The number of ether oxygens (including phenoxy) is 1. The van der Waals surface area contributed by atoms with E-state index in [2.05, 4.69) is 6.58 Å². The van der Waals surface area contributed by atoms with Gasteiger partial charge in [-0.3, -0.25) is 4.79 Å².